The van der Waals surface area contributed by atoms with Gasteiger partial charge in [0, 0.05) is 23.1 Å². The Morgan fingerprint density at radius 2 is 2.15 bits per heavy atom. The summed E-state index contributed by atoms with van der Waals surface area (Å²) in [5.74, 6) is -0.0265. The summed E-state index contributed by atoms with van der Waals surface area (Å²) in [6.07, 6.45) is 0.269. The fourth-order valence-electron chi connectivity index (χ4n) is 2.60. The third kappa shape index (κ3) is 2.79. The maximum absolute atomic E-state index is 12.4. The van der Waals surface area contributed by atoms with Gasteiger partial charge in [-0.05, 0) is 29.7 Å². The largest absolute Gasteiger partial charge is 0.376 e. The van der Waals surface area contributed by atoms with Crippen LogP contribution in [0.5, 0.6) is 0 Å². The van der Waals surface area contributed by atoms with Crippen molar-refractivity contribution >= 4 is 29.1 Å². The molecule has 0 saturated carbocycles. The number of hydrogen-bond acceptors (Lipinski definition) is 3. The molecule has 6 heteroatoms. The van der Waals surface area contributed by atoms with Gasteiger partial charge in [0.2, 0.25) is 0 Å². The molecule has 0 unspecified atom stereocenters. The first-order valence-electron chi connectivity index (χ1n) is 6.60. The molecule has 1 fully saturated rings. The molecule has 4 nitrogen and oxygen atoms in total. The maximum Gasteiger partial charge on any atom is 0.254 e. The molecule has 2 heterocycles. The minimum atomic E-state index is -0.489. The van der Waals surface area contributed by atoms with E-state index in [2.05, 4.69) is 0 Å². The third-order valence-electron chi connectivity index (χ3n) is 3.66. The summed E-state index contributed by atoms with van der Waals surface area (Å²) in [4.78, 5) is 14.2. The number of amides is 1. The van der Waals surface area contributed by atoms with E-state index in [9.17, 15) is 4.79 Å². The van der Waals surface area contributed by atoms with Crippen LogP contribution < -0.4 is 0 Å². The summed E-state index contributed by atoms with van der Waals surface area (Å²) in [7, 11) is 0. The Morgan fingerprint density at radius 1 is 1.30 bits per heavy atom. The van der Waals surface area contributed by atoms with E-state index in [4.69, 9.17) is 32.7 Å². The summed E-state index contributed by atoms with van der Waals surface area (Å²) >= 11 is 12.2. The highest BCUT2D eigenvalue weighted by Gasteiger charge is 2.30. The van der Waals surface area contributed by atoms with Gasteiger partial charge in [-0.15, -0.1) is 0 Å². The molecule has 3 rings (SSSR count). The predicted molar refractivity (Wildman–Crippen MR) is 76.1 cm³/mol. The molecule has 0 spiro atoms. The molecule has 0 aromatic heterocycles. The lowest BCUT2D eigenvalue weighted by atomic mass is 9.99. The van der Waals surface area contributed by atoms with Gasteiger partial charge in [0.05, 0.1) is 19.8 Å². The Bertz CT molecular complexity index is 529. The number of ether oxygens (including phenoxy) is 2. The Kier molecular flexibility index (Phi) is 4.17. The standard InChI is InChI=1S/C14H15Cl2NO3/c15-10-5-9-1-2-17(7-11(9)12(16)6-10)14(18)13-8-19-3-4-20-13/h5-6,13H,1-4,7-8H2/t13-/m1/s1. The summed E-state index contributed by atoms with van der Waals surface area (Å²) < 4.78 is 10.7. The minimum Gasteiger partial charge on any atom is -0.376 e. The fourth-order valence-corrected chi connectivity index (χ4v) is 3.20. The van der Waals surface area contributed by atoms with E-state index in [1.165, 1.54) is 0 Å². The monoisotopic (exact) mass is 315 g/mol. The zero-order valence-corrected chi connectivity index (χ0v) is 12.4. The molecule has 0 radical (unpaired) electrons. The normalized spacial score (nSPS) is 22.5. The second-order valence-electron chi connectivity index (χ2n) is 4.97. The molecule has 0 aliphatic carbocycles. The number of benzene rings is 1. The van der Waals surface area contributed by atoms with Gasteiger partial charge < -0.3 is 14.4 Å². The molecule has 2 aliphatic heterocycles. The quantitative estimate of drug-likeness (QED) is 0.798. The van der Waals surface area contributed by atoms with E-state index in [1.807, 2.05) is 6.07 Å². The first kappa shape index (κ1) is 14.1. The van der Waals surface area contributed by atoms with Crippen molar-refractivity contribution in [1.29, 1.82) is 0 Å². The molecular weight excluding hydrogens is 301 g/mol. The summed E-state index contributed by atoms with van der Waals surface area (Å²) in [5.41, 5.74) is 2.10. The number of carbonyl (C=O) groups excluding carboxylic acids is 1. The molecule has 108 valence electrons. The van der Waals surface area contributed by atoms with Gasteiger partial charge in [-0.25, -0.2) is 0 Å². The van der Waals surface area contributed by atoms with Crippen LogP contribution in [-0.4, -0.2) is 43.3 Å². The van der Waals surface area contributed by atoms with Crippen LogP contribution in [-0.2, 0) is 27.2 Å². The molecule has 20 heavy (non-hydrogen) atoms. The molecule has 2 aliphatic rings. The van der Waals surface area contributed by atoms with Crippen LogP contribution >= 0.6 is 23.2 Å². The lowest BCUT2D eigenvalue weighted by molar-refractivity contribution is -0.158. The topological polar surface area (TPSA) is 38.8 Å². The van der Waals surface area contributed by atoms with E-state index in [0.29, 0.717) is 43.0 Å². The van der Waals surface area contributed by atoms with Crippen molar-refractivity contribution in [3.63, 3.8) is 0 Å². The van der Waals surface area contributed by atoms with E-state index in [-0.39, 0.29) is 5.91 Å². The Morgan fingerprint density at radius 3 is 2.90 bits per heavy atom. The minimum absolute atomic E-state index is 0.0265. The molecule has 0 bridgehead atoms. The molecule has 0 N–H and O–H groups in total. The lowest BCUT2D eigenvalue weighted by Crippen LogP contribution is -2.47. The SMILES string of the molecule is O=C([C@H]1COCCO1)N1CCc2cc(Cl)cc(Cl)c2C1. The van der Waals surface area contributed by atoms with Crippen molar-refractivity contribution in [2.75, 3.05) is 26.4 Å². The molecular formula is C14H15Cl2NO3. The van der Waals surface area contributed by atoms with Crippen molar-refractivity contribution in [2.45, 2.75) is 19.1 Å². The smallest absolute Gasteiger partial charge is 0.254 e. The Labute approximate surface area is 127 Å². The van der Waals surface area contributed by atoms with Crippen LogP contribution in [0.3, 0.4) is 0 Å². The van der Waals surface area contributed by atoms with Gasteiger partial charge >= 0.3 is 0 Å². The number of halogens is 2. The number of rotatable bonds is 1. The zero-order valence-electron chi connectivity index (χ0n) is 10.9. The van der Waals surface area contributed by atoms with Crippen LogP contribution in [0.15, 0.2) is 12.1 Å². The van der Waals surface area contributed by atoms with Gasteiger partial charge in [0.25, 0.3) is 5.91 Å². The number of hydrogen-bond donors (Lipinski definition) is 0. The predicted octanol–water partition coefficient (Wildman–Crippen LogP) is 2.29. The molecule has 1 atom stereocenters. The Hall–Kier alpha value is -0.810. The van der Waals surface area contributed by atoms with Gasteiger partial charge in [0.1, 0.15) is 0 Å². The molecule has 1 saturated heterocycles. The van der Waals surface area contributed by atoms with Crippen molar-refractivity contribution in [3.05, 3.63) is 33.3 Å². The van der Waals surface area contributed by atoms with Gasteiger partial charge in [-0.2, -0.15) is 0 Å². The zero-order chi connectivity index (χ0) is 14.1. The highest BCUT2D eigenvalue weighted by molar-refractivity contribution is 6.35. The van der Waals surface area contributed by atoms with Crippen molar-refractivity contribution in [3.8, 4) is 0 Å². The molecule has 1 aromatic carbocycles. The van der Waals surface area contributed by atoms with Crippen molar-refractivity contribution < 1.29 is 14.3 Å². The number of carbonyl (C=O) groups is 1. The summed E-state index contributed by atoms with van der Waals surface area (Å²) in [6.45, 7) is 2.51. The van der Waals surface area contributed by atoms with Crippen LogP contribution in [0.4, 0.5) is 0 Å². The van der Waals surface area contributed by atoms with E-state index in [1.54, 1.807) is 11.0 Å². The number of nitrogens with zero attached hydrogens (tertiary/aromatic N) is 1. The first-order valence-corrected chi connectivity index (χ1v) is 7.35. The van der Waals surface area contributed by atoms with E-state index in [0.717, 1.165) is 17.5 Å². The van der Waals surface area contributed by atoms with Crippen molar-refractivity contribution in [1.82, 2.24) is 4.90 Å². The van der Waals surface area contributed by atoms with Gasteiger partial charge in [-0.1, -0.05) is 23.2 Å². The summed E-state index contributed by atoms with van der Waals surface area (Å²) in [6, 6.07) is 3.64. The first-order chi connectivity index (χ1) is 9.65. The molecule has 1 amide bonds. The van der Waals surface area contributed by atoms with Crippen molar-refractivity contribution in [2.24, 2.45) is 0 Å². The van der Waals surface area contributed by atoms with Gasteiger partial charge in [0.15, 0.2) is 6.10 Å². The highest BCUT2D eigenvalue weighted by Crippen LogP contribution is 2.30. The van der Waals surface area contributed by atoms with Crippen LogP contribution in [0.25, 0.3) is 0 Å². The van der Waals surface area contributed by atoms with Crippen LogP contribution in [0.2, 0.25) is 10.0 Å². The Balaban J connectivity index is 1.76. The van der Waals surface area contributed by atoms with Gasteiger partial charge in [-0.3, -0.25) is 4.79 Å². The molecule has 1 aromatic rings. The maximum atomic E-state index is 12.4. The lowest BCUT2D eigenvalue weighted by Gasteiger charge is -2.33. The third-order valence-corrected chi connectivity index (χ3v) is 4.21. The second-order valence-corrected chi connectivity index (χ2v) is 5.81. The van der Waals surface area contributed by atoms with E-state index < -0.39 is 6.10 Å². The fraction of sp³-hybridized carbons (Fsp3) is 0.500. The number of fused-ring (bicyclic) bond motifs is 1. The average molecular weight is 316 g/mol. The summed E-state index contributed by atoms with van der Waals surface area (Å²) in [5, 5.41) is 1.25. The van der Waals surface area contributed by atoms with Crippen LogP contribution in [0.1, 0.15) is 11.1 Å². The van der Waals surface area contributed by atoms with E-state index >= 15 is 0 Å². The highest BCUT2D eigenvalue weighted by atomic mass is 35.5. The average Bonchev–Trinajstić information content (AvgIpc) is 2.47. The van der Waals surface area contributed by atoms with Crippen LogP contribution in [0, 0.1) is 0 Å². The second kappa shape index (κ2) is 5.90.